The Bertz CT molecular complexity index is 572. The van der Waals surface area contributed by atoms with E-state index < -0.39 is 0 Å². The van der Waals surface area contributed by atoms with Crippen LogP contribution in [0.15, 0.2) is 30.3 Å². The molecule has 0 spiro atoms. The van der Waals surface area contributed by atoms with Crippen molar-refractivity contribution >= 4 is 23.2 Å². The highest BCUT2D eigenvalue weighted by Crippen LogP contribution is 2.28. The Kier molecular flexibility index (Phi) is 3.20. The maximum Gasteiger partial charge on any atom is 0.224 e. The molecule has 0 fully saturated rings. The molecule has 0 radical (unpaired) electrons. The Labute approximate surface area is 115 Å². The van der Waals surface area contributed by atoms with E-state index in [-0.39, 0.29) is 5.28 Å². The summed E-state index contributed by atoms with van der Waals surface area (Å²) in [6.07, 6.45) is 0. The Morgan fingerprint density at radius 1 is 1.06 bits per heavy atom. The van der Waals surface area contributed by atoms with Gasteiger partial charge in [-0.05, 0) is 17.2 Å². The lowest BCUT2D eigenvalue weighted by Crippen LogP contribution is -2.15. The first-order valence-electron chi connectivity index (χ1n) is 5.69. The van der Waals surface area contributed by atoms with Crippen molar-refractivity contribution in [2.45, 2.75) is 19.6 Å². The molecule has 18 heavy (non-hydrogen) atoms. The van der Waals surface area contributed by atoms with Crippen molar-refractivity contribution in [1.82, 2.24) is 14.9 Å². The second-order valence-corrected chi connectivity index (χ2v) is 5.04. The molecule has 2 heterocycles. The van der Waals surface area contributed by atoms with Crippen LogP contribution >= 0.6 is 23.2 Å². The predicted octanol–water partition coefficient (Wildman–Crippen LogP) is 3.30. The van der Waals surface area contributed by atoms with Crippen molar-refractivity contribution in [3.05, 3.63) is 57.6 Å². The molecule has 0 unspecified atom stereocenters. The maximum atomic E-state index is 6.08. The third-order valence-corrected chi connectivity index (χ3v) is 3.50. The zero-order chi connectivity index (χ0) is 12.5. The molecule has 3 nitrogen and oxygen atoms in total. The lowest BCUT2D eigenvalue weighted by molar-refractivity contribution is 0.274. The van der Waals surface area contributed by atoms with E-state index >= 15 is 0 Å². The molecular weight excluding hydrogens is 269 g/mol. The van der Waals surface area contributed by atoms with Gasteiger partial charge in [0.1, 0.15) is 5.15 Å². The number of nitrogens with zero attached hydrogens (tertiary/aromatic N) is 3. The quantitative estimate of drug-likeness (QED) is 0.624. The van der Waals surface area contributed by atoms with Crippen LogP contribution in [0.3, 0.4) is 0 Å². The van der Waals surface area contributed by atoms with Gasteiger partial charge in [-0.25, -0.2) is 9.97 Å². The Morgan fingerprint density at radius 3 is 2.61 bits per heavy atom. The van der Waals surface area contributed by atoms with Crippen LogP contribution < -0.4 is 0 Å². The minimum absolute atomic E-state index is 0.223. The summed E-state index contributed by atoms with van der Waals surface area (Å²) in [5.41, 5.74) is 3.22. The van der Waals surface area contributed by atoms with Crippen molar-refractivity contribution in [2.75, 3.05) is 0 Å². The van der Waals surface area contributed by atoms with E-state index in [1.165, 1.54) is 5.56 Å². The standard InChI is InChI=1S/C13H11Cl2N3/c14-12-10-7-18(6-9-4-2-1-3-5-9)8-11(10)16-13(15)17-12/h1-5H,6-8H2. The summed E-state index contributed by atoms with van der Waals surface area (Å²) in [5, 5.41) is 0.695. The SMILES string of the molecule is Clc1nc(Cl)c2c(n1)CN(Cc1ccccc1)C2. The fraction of sp³-hybridized carbons (Fsp3) is 0.231. The average molecular weight is 280 g/mol. The number of benzene rings is 1. The molecule has 0 saturated heterocycles. The number of hydrogen-bond donors (Lipinski definition) is 0. The van der Waals surface area contributed by atoms with Gasteiger partial charge in [0.05, 0.1) is 5.69 Å². The van der Waals surface area contributed by atoms with E-state index in [4.69, 9.17) is 23.2 Å². The number of aromatic nitrogens is 2. The fourth-order valence-electron chi connectivity index (χ4n) is 2.20. The summed E-state index contributed by atoms with van der Waals surface area (Å²) >= 11 is 11.9. The monoisotopic (exact) mass is 279 g/mol. The summed E-state index contributed by atoms with van der Waals surface area (Å²) < 4.78 is 0. The molecule has 3 rings (SSSR count). The predicted molar refractivity (Wildman–Crippen MR) is 71.4 cm³/mol. The maximum absolute atomic E-state index is 6.08. The summed E-state index contributed by atoms with van der Waals surface area (Å²) in [6, 6.07) is 10.3. The van der Waals surface area contributed by atoms with Gasteiger partial charge >= 0.3 is 0 Å². The summed E-state index contributed by atoms with van der Waals surface area (Å²) in [7, 11) is 0. The van der Waals surface area contributed by atoms with Crippen molar-refractivity contribution in [2.24, 2.45) is 0 Å². The second kappa shape index (κ2) is 4.84. The molecule has 0 aliphatic carbocycles. The van der Waals surface area contributed by atoms with Gasteiger partial charge in [-0.15, -0.1) is 0 Å². The molecule has 1 aliphatic rings. The van der Waals surface area contributed by atoms with Gasteiger partial charge < -0.3 is 0 Å². The first-order valence-corrected chi connectivity index (χ1v) is 6.45. The molecule has 0 saturated carbocycles. The normalized spacial score (nSPS) is 14.8. The number of halogens is 2. The molecule has 1 aliphatic heterocycles. The fourth-order valence-corrected chi connectivity index (χ4v) is 2.68. The van der Waals surface area contributed by atoms with E-state index in [1.54, 1.807) is 0 Å². The van der Waals surface area contributed by atoms with Crippen LogP contribution in [0.25, 0.3) is 0 Å². The van der Waals surface area contributed by atoms with Crippen LogP contribution in [-0.4, -0.2) is 14.9 Å². The minimum Gasteiger partial charge on any atom is -0.289 e. The Balaban J connectivity index is 1.79. The number of rotatable bonds is 2. The molecule has 92 valence electrons. The van der Waals surface area contributed by atoms with Crippen molar-refractivity contribution in [3.8, 4) is 0 Å². The van der Waals surface area contributed by atoms with Gasteiger partial charge in [0, 0.05) is 25.2 Å². The molecule has 1 aromatic carbocycles. The average Bonchev–Trinajstić information content (AvgIpc) is 2.73. The van der Waals surface area contributed by atoms with E-state index in [9.17, 15) is 0 Å². The van der Waals surface area contributed by atoms with Gasteiger partial charge in [0.25, 0.3) is 0 Å². The van der Waals surface area contributed by atoms with E-state index in [0.29, 0.717) is 5.15 Å². The highest BCUT2D eigenvalue weighted by molar-refractivity contribution is 6.32. The van der Waals surface area contributed by atoms with E-state index in [2.05, 4.69) is 27.0 Å². The highest BCUT2D eigenvalue weighted by Gasteiger charge is 2.24. The van der Waals surface area contributed by atoms with Gasteiger partial charge in [-0.3, -0.25) is 4.90 Å². The third kappa shape index (κ3) is 2.34. The Hall–Kier alpha value is -1.16. The number of fused-ring (bicyclic) bond motifs is 1. The van der Waals surface area contributed by atoms with Gasteiger partial charge in [0.15, 0.2) is 0 Å². The number of hydrogen-bond acceptors (Lipinski definition) is 3. The van der Waals surface area contributed by atoms with Crippen LogP contribution in [0.4, 0.5) is 0 Å². The van der Waals surface area contributed by atoms with Crippen molar-refractivity contribution in [3.63, 3.8) is 0 Å². The first-order chi connectivity index (χ1) is 8.72. The third-order valence-electron chi connectivity index (χ3n) is 3.02. The van der Waals surface area contributed by atoms with Crippen LogP contribution in [0, 0.1) is 0 Å². The second-order valence-electron chi connectivity index (χ2n) is 4.34. The smallest absolute Gasteiger partial charge is 0.224 e. The summed E-state index contributed by atoms with van der Waals surface area (Å²) in [6.45, 7) is 2.43. The summed E-state index contributed by atoms with van der Waals surface area (Å²) in [5.74, 6) is 0. The van der Waals surface area contributed by atoms with E-state index in [1.807, 2.05) is 18.2 Å². The molecule has 0 bridgehead atoms. The first kappa shape index (κ1) is 11.9. The van der Waals surface area contributed by atoms with Gasteiger partial charge in [-0.1, -0.05) is 41.9 Å². The molecule has 2 aromatic rings. The molecule has 0 amide bonds. The van der Waals surface area contributed by atoms with Crippen LogP contribution in [0.5, 0.6) is 0 Å². The largest absolute Gasteiger partial charge is 0.289 e. The van der Waals surface area contributed by atoms with Crippen molar-refractivity contribution in [1.29, 1.82) is 0 Å². The molecule has 5 heteroatoms. The van der Waals surface area contributed by atoms with Crippen LogP contribution in [0.1, 0.15) is 16.8 Å². The molecule has 0 N–H and O–H groups in total. The van der Waals surface area contributed by atoms with E-state index in [0.717, 1.165) is 30.9 Å². The lowest BCUT2D eigenvalue weighted by Gasteiger charge is -2.14. The van der Waals surface area contributed by atoms with Crippen LogP contribution in [-0.2, 0) is 19.6 Å². The van der Waals surface area contributed by atoms with Crippen molar-refractivity contribution < 1.29 is 0 Å². The Morgan fingerprint density at radius 2 is 1.83 bits per heavy atom. The molecule has 1 aromatic heterocycles. The zero-order valence-corrected chi connectivity index (χ0v) is 11.1. The molecular formula is C13H11Cl2N3. The zero-order valence-electron chi connectivity index (χ0n) is 9.61. The molecule has 0 atom stereocenters. The lowest BCUT2D eigenvalue weighted by atomic mass is 10.2. The highest BCUT2D eigenvalue weighted by atomic mass is 35.5. The summed E-state index contributed by atoms with van der Waals surface area (Å²) in [4.78, 5) is 10.5. The van der Waals surface area contributed by atoms with Gasteiger partial charge in [-0.2, -0.15) is 0 Å². The van der Waals surface area contributed by atoms with Crippen LogP contribution in [0.2, 0.25) is 10.4 Å². The minimum atomic E-state index is 0.223. The topological polar surface area (TPSA) is 29.0 Å². The van der Waals surface area contributed by atoms with Gasteiger partial charge in [0.2, 0.25) is 5.28 Å².